The first-order chi connectivity index (χ1) is 13.6. The van der Waals surface area contributed by atoms with Crippen LogP contribution in [0.4, 0.5) is 10.5 Å². The van der Waals surface area contributed by atoms with E-state index in [0.29, 0.717) is 11.3 Å². The van der Waals surface area contributed by atoms with E-state index in [1.165, 1.54) is 26.0 Å². The minimum absolute atomic E-state index is 0.0970. The van der Waals surface area contributed by atoms with E-state index in [1.54, 1.807) is 18.2 Å². The third-order valence-electron chi connectivity index (χ3n) is 4.46. The first-order valence-corrected chi connectivity index (χ1v) is 8.94. The van der Waals surface area contributed by atoms with Gasteiger partial charge in [-0.25, -0.2) is 4.79 Å². The molecule has 10 heteroatoms. The van der Waals surface area contributed by atoms with Gasteiger partial charge in [0.1, 0.15) is 12.1 Å². The topological polar surface area (TPSA) is 171 Å². The summed E-state index contributed by atoms with van der Waals surface area (Å²) in [5.41, 5.74) is 5.98. The van der Waals surface area contributed by atoms with Crippen LogP contribution in [0.5, 0.6) is 0 Å². The average molecular weight is 404 g/mol. The summed E-state index contributed by atoms with van der Waals surface area (Å²) < 4.78 is 0. The maximum absolute atomic E-state index is 12.3. The van der Waals surface area contributed by atoms with E-state index in [2.05, 4.69) is 16.0 Å². The summed E-state index contributed by atoms with van der Waals surface area (Å²) in [4.78, 5) is 47.0. The minimum Gasteiger partial charge on any atom is -0.390 e. The molecule has 0 unspecified atom stereocenters. The lowest BCUT2D eigenvalue weighted by Crippen LogP contribution is -2.52. The van der Waals surface area contributed by atoms with Gasteiger partial charge in [-0.1, -0.05) is 18.2 Å². The number of carbonyl (C=O) groups is 4. The summed E-state index contributed by atoms with van der Waals surface area (Å²) in [6.07, 6.45) is -1.48. The summed E-state index contributed by atoms with van der Waals surface area (Å²) in [5.74, 6) is -1.52. The van der Waals surface area contributed by atoms with Gasteiger partial charge in [0.25, 0.3) is 0 Å². The molecule has 0 aromatic heterocycles. The zero-order valence-electron chi connectivity index (χ0n) is 16.0. The molecule has 7 N–H and O–H groups in total. The molecule has 0 radical (unpaired) electrons. The van der Waals surface area contributed by atoms with Gasteiger partial charge in [-0.3, -0.25) is 14.4 Å². The number of amides is 4. The van der Waals surface area contributed by atoms with E-state index in [9.17, 15) is 29.4 Å². The summed E-state index contributed by atoms with van der Waals surface area (Å²) in [6, 6.07) is 3.60. The van der Waals surface area contributed by atoms with Gasteiger partial charge in [0.15, 0.2) is 5.78 Å². The van der Waals surface area contributed by atoms with Crippen molar-refractivity contribution in [1.82, 2.24) is 10.6 Å². The molecule has 1 aromatic carbocycles. The van der Waals surface area contributed by atoms with Gasteiger partial charge in [0.05, 0.1) is 12.1 Å². The minimum atomic E-state index is -1.34. The Morgan fingerprint density at radius 2 is 1.90 bits per heavy atom. The highest BCUT2D eigenvalue weighted by molar-refractivity contribution is 5.98. The molecule has 0 saturated carbocycles. The molecule has 10 nitrogen and oxygen atoms in total. The Balaban J connectivity index is 2.09. The predicted octanol–water partition coefficient (Wildman–Crippen LogP) is -0.579. The SMILES string of the molecule is CC(=O)c1cccc(NC(=O)N[C@@H]2C=C(C(=O)N[C@H](C)C(N)=O)C[C@@H](O)[C@@H]2O)c1. The molecule has 4 amide bonds. The molecular formula is C19H24N4O6. The number of anilines is 1. The number of hydrogen-bond acceptors (Lipinski definition) is 6. The molecule has 4 atom stereocenters. The number of aliphatic hydroxyl groups excluding tert-OH is 2. The Labute approximate surface area is 167 Å². The third-order valence-corrected chi connectivity index (χ3v) is 4.46. The number of hydrogen-bond donors (Lipinski definition) is 6. The molecule has 1 aromatic rings. The van der Waals surface area contributed by atoms with Gasteiger partial charge in [-0.05, 0) is 26.0 Å². The summed E-state index contributed by atoms with van der Waals surface area (Å²) >= 11 is 0. The number of ketones is 1. The number of benzene rings is 1. The second-order valence-corrected chi connectivity index (χ2v) is 6.81. The van der Waals surface area contributed by atoms with Crippen molar-refractivity contribution in [3.8, 4) is 0 Å². The van der Waals surface area contributed by atoms with Crippen LogP contribution in [0.15, 0.2) is 35.9 Å². The number of primary amides is 1. The van der Waals surface area contributed by atoms with Gasteiger partial charge in [-0.15, -0.1) is 0 Å². The monoisotopic (exact) mass is 404 g/mol. The molecule has 0 aliphatic heterocycles. The van der Waals surface area contributed by atoms with E-state index < -0.39 is 42.1 Å². The molecule has 0 bridgehead atoms. The number of rotatable bonds is 6. The molecule has 2 rings (SSSR count). The standard InChI is InChI=1S/C19H24N4O6/c1-9(17(20)27)21-18(28)12-7-14(16(26)15(25)8-12)23-19(29)22-13-5-3-4-11(6-13)10(2)24/h3-7,9,14-16,25-26H,8H2,1-2H3,(H2,20,27)(H,21,28)(H2,22,23,29)/t9-,14-,15-,16-/m1/s1. The van der Waals surface area contributed by atoms with Crippen LogP contribution in [0, 0.1) is 0 Å². The van der Waals surface area contributed by atoms with Crippen LogP contribution in [-0.4, -0.2) is 58.1 Å². The highest BCUT2D eigenvalue weighted by Gasteiger charge is 2.34. The summed E-state index contributed by atoms with van der Waals surface area (Å²) in [5, 5.41) is 27.6. The van der Waals surface area contributed by atoms with Crippen LogP contribution in [0.3, 0.4) is 0 Å². The highest BCUT2D eigenvalue weighted by Crippen LogP contribution is 2.20. The van der Waals surface area contributed by atoms with Gasteiger partial charge >= 0.3 is 6.03 Å². The Hall–Kier alpha value is -3.24. The van der Waals surface area contributed by atoms with Gasteiger partial charge < -0.3 is 31.9 Å². The largest absolute Gasteiger partial charge is 0.390 e. The lowest BCUT2D eigenvalue weighted by molar-refractivity contribution is -0.125. The quantitative estimate of drug-likeness (QED) is 0.346. The maximum atomic E-state index is 12.3. The number of aliphatic hydroxyl groups is 2. The molecule has 156 valence electrons. The maximum Gasteiger partial charge on any atom is 0.319 e. The number of urea groups is 1. The molecule has 29 heavy (non-hydrogen) atoms. The zero-order chi connectivity index (χ0) is 21.7. The average Bonchev–Trinajstić information content (AvgIpc) is 2.65. The molecule has 0 spiro atoms. The van der Waals surface area contributed by atoms with Crippen molar-refractivity contribution < 1.29 is 29.4 Å². The Kier molecular flexibility index (Phi) is 7.08. The number of nitrogens with one attached hydrogen (secondary N) is 3. The van der Waals surface area contributed by atoms with Crippen LogP contribution in [-0.2, 0) is 9.59 Å². The van der Waals surface area contributed by atoms with E-state index in [4.69, 9.17) is 5.73 Å². The smallest absolute Gasteiger partial charge is 0.319 e. The van der Waals surface area contributed by atoms with Crippen molar-refractivity contribution in [2.45, 2.75) is 44.6 Å². The second-order valence-electron chi connectivity index (χ2n) is 6.81. The van der Waals surface area contributed by atoms with Crippen molar-refractivity contribution >= 4 is 29.3 Å². The lowest BCUT2D eigenvalue weighted by Gasteiger charge is -2.31. The first-order valence-electron chi connectivity index (χ1n) is 8.94. The fourth-order valence-electron chi connectivity index (χ4n) is 2.76. The zero-order valence-corrected chi connectivity index (χ0v) is 16.0. The summed E-state index contributed by atoms with van der Waals surface area (Å²) in [7, 11) is 0. The van der Waals surface area contributed by atoms with Crippen LogP contribution in [0.1, 0.15) is 30.6 Å². The lowest BCUT2D eigenvalue weighted by atomic mass is 9.90. The van der Waals surface area contributed by atoms with E-state index in [1.807, 2.05) is 0 Å². The number of nitrogens with two attached hydrogens (primary N) is 1. The van der Waals surface area contributed by atoms with Crippen LogP contribution >= 0.6 is 0 Å². The third kappa shape index (κ3) is 5.87. The predicted molar refractivity (Wildman–Crippen MR) is 104 cm³/mol. The van der Waals surface area contributed by atoms with Crippen LogP contribution in [0.2, 0.25) is 0 Å². The Morgan fingerprint density at radius 3 is 2.52 bits per heavy atom. The van der Waals surface area contributed by atoms with E-state index in [0.717, 1.165) is 0 Å². The second kappa shape index (κ2) is 9.30. The van der Waals surface area contributed by atoms with Crippen molar-refractivity contribution in [1.29, 1.82) is 0 Å². The molecule has 0 fully saturated rings. The number of carbonyl (C=O) groups excluding carboxylic acids is 4. The number of Topliss-reactive ketones (excluding diaryl/α,β-unsaturated/α-hetero) is 1. The molecule has 1 aliphatic carbocycles. The molecule has 1 aliphatic rings. The normalized spacial score (nSPS) is 22.1. The van der Waals surface area contributed by atoms with Gasteiger partial charge in [0, 0.05) is 23.2 Å². The van der Waals surface area contributed by atoms with E-state index >= 15 is 0 Å². The molecular weight excluding hydrogens is 380 g/mol. The van der Waals surface area contributed by atoms with Crippen molar-refractivity contribution in [2.75, 3.05) is 5.32 Å². The first kappa shape index (κ1) is 22.1. The molecule has 0 saturated heterocycles. The van der Waals surface area contributed by atoms with Gasteiger partial charge in [-0.2, -0.15) is 0 Å². The van der Waals surface area contributed by atoms with Gasteiger partial charge in [0.2, 0.25) is 11.8 Å². The Morgan fingerprint density at radius 1 is 1.21 bits per heavy atom. The van der Waals surface area contributed by atoms with E-state index in [-0.39, 0.29) is 17.8 Å². The van der Waals surface area contributed by atoms with Crippen LogP contribution < -0.4 is 21.7 Å². The van der Waals surface area contributed by atoms with Crippen molar-refractivity contribution in [3.05, 3.63) is 41.5 Å². The Bertz CT molecular complexity index is 853. The fraction of sp³-hybridized carbons (Fsp3) is 0.368. The van der Waals surface area contributed by atoms with Crippen LogP contribution in [0.25, 0.3) is 0 Å². The molecule has 0 heterocycles. The summed E-state index contributed by atoms with van der Waals surface area (Å²) in [6.45, 7) is 2.81. The van der Waals surface area contributed by atoms with Crippen molar-refractivity contribution in [2.24, 2.45) is 5.73 Å². The van der Waals surface area contributed by atoms with Crippen molar-refractivity contribution in [3.63, 3.8) is 0 Å². The fourth-order valence-corrected chi connectivity index (χ4v) is 2.76. The highest BCUT2D eigenvalue weighted by atomic mass is 16.3.